The molecule has 13 heavy (non-hydrogen) atoms. The van der Waals surface area contributed by atoms with Crippen LogP contribution >= 0.6 is 23.4 Å². The Balaban J connectivity index is 2.18. The monoisotopic (exact) mass is 217 g/mol. The lowest BCUT2D eigenvalue weighted by atomic mass is 10.2. The van der Waals surface area contributed by atoms with Gasteiger partial charge in [0.05, 0.1) is 17.9 Å². The Labute approximate surface area is 86.6 Å². The van der Waals surface area contributed by atoms with E-state index in [9.17, 15) is 0 Å². The van der Waals surface area contributed by atoms with Gasteiger partial charge < -0.3 is 5.73 Å². The standard InChI is InChI=1S/C8H12ClN3S/c9-8-7(10)5-11-12(8)6-1-3-13-4-2-6/h5-6H,1-4,10H2. The van der Waals surface area contributed by atoms with Crippen molar-refractivity contribution in [3.05, 3.63) is 11.3 Å². The number of hydrogen-bond donors (Lipinski definition) is 1. The highest BCUT2D eigenvalue weighted by atomic mass is 35.5. The van der Waals surface area contributed by atoms with Gasteiger partial charge in [0.2, 0.25) is 0 Å². The third kappa shape index (κ3) is 1.79. The van der Waals surface area contributed by atoms with Gasteiger partial charge in [-0.1, -0.05) is 11.6 Å². The Morgan fingerprint density at radius 1 is 1.54 bits per heavy atom. The fourth-order valence-corrected chi connectivity index (χ4v) is 2.86. The van der Waals surface area contributed by atoms with Gasteiger partial charge in [0, 0.05) is 0 Å². The molecule has 0 saturated carbocycles. The molecule has 1 aromatic rings. The number of halogens is 1. The third-order valence-corrected chi connectivity index (χ3v) is 3.74. The first kappa shape index (κ1) is 9.21. The minimum atomic E-state index is 0.450. The molecule has 1 aliphatic heterocycles. The van der Waals surface area contributed by atoms with Crippen LogP contribution in [0.25, 0.3) is 0 Å². The molecule has 0 unspecified atom stereocenters. The van der Waals surface area contributed by atoms with Gasteiger partial charge >= 0.3 is 0 Å². The summed E-state index contributed by atoms with van der Waals surface area (Å²) in [5.74, 6) is 2.39. The molecule has 0 amide bonds. The minimum absolute atomic E-state index is 0.450. The minimum Gasteiger partial charge on any atom is -0.395 e. The average molecular weight is 218 g/mol. The van der Waals surface area contributed by atoms with Crippen molar-refractivity contribution >= 4 is 29.1 Å². The van der Waals surface area contributed by atoms with Crippen LogP contribution in [-0.2, 0) is 0 Å². The van der Waals surface area contributed by atoms with Crippen molar-refractivity contribution < 1.29 is 0 Å². The summed E-state index contributed by atoms with van der Waals surface area (Å²) < 4.78 is 1.86. The van der Waals surface area contributed by atoms with Gasteiger partial charge in [-0.2, -0.15) is 16.9 Å². The van der Waals surface area contributed by atoms with E-state index in [1.165, 1.54) is 11.5 Å². The molecule has 2 N–H and O–H groups in total. The topological polar surface area (TPSA) is 43.8 Å². The second-order valence-electron chi connectivity index (χ2n) is 3.18. The summed E-state index contributed by atoms with van der Waals surface area (Å²) >= 11 is 8.00. The molecule has 0 aromatic carbocycles. The number of thioether (sulfide) groups is 1. The summed E-state index contributed by atoms with van der Waals surface area (Å²) in [5.41, 5.74) is 6.21. The Bertz CT molecular complexity index is 294. The highest BCUT2D eigenvalue weighted by Gasteiger charge is 2.19. The van der Waals surface area contributed by atoms with Gasteiger partial charge in [0.1, 0.15) is 5.15 Å². The first-order valence-corrected chi connectivity index (χ1v) is 5.88. The van der Waals surface area contributed by atoms with Gasteiger partial charge in [-0.25, -0.2) is 4.68 Å². The van der Waals surface area contributed by atoms with Crippen LogP contribution in [-0.4, -0.2) is 21.3 Å². The van der Waals surface area contributed by atoms with Gasteiger partial charge in [-0.15, -0.1) is 0 Å². The number of nitrogen functional groups attached to an aromatic ring is 1. The van der Waals surface area contributed by atoms with Crippen LogP contribution in [0, 0.1) is 0 Å². The summed E-state index contributed by atoms with van der Waals surface area (Å²) in [4.78, 5) is 0. The molecule has 5 heteroatoms. The molecular weight excluding hydrogens is 206 g/mol. The highest BCUT2D eigenvalue weighted by molar-refractivity contribution is 7.99. The van der Waals surface area contributed by atoms with E-state index in [0.29, 0.717) is 16.9 Å². The van der Waals surface area contributed by atoms with E-state index in [-0.39, 0.29) is 0 Å². The molecule has 2 rings (SSSR count). The van der Waals surface area contributed by atoms with Crippen LogP contribution in [0.1, 0.15) is 18.9 Å². The maximum atomic E-state index is 6.01. The van der Waals surface area contributed by atoms with Gasteiger partial charge in [-0.3, -0.25) is 0 Å². The summed E-state index contributed by atoms with van der Waals surface area (Å²) in [6, 6.07) is 0.450. The summed E-state index contributed by atoms with van der Waals surface area (Å²) in [7, 11) is 0. The Morgan fingerprint density at radius 3 is 2.77 bits per heavy atom. The van der Waals surface area contributed by atoms with Gasteiger partial charge in [0.15, 0.2) is 0 Å². The predicted octanol–water partition coefficient (Wildman–Crippen LogP) is 2.19. The molecule has 0 radical (unpaired) electrons. The van der Waals surface area contributed by atoms with E-state index >= 15 is 0 Å². The molecular formula is C8H12ClN3S. The van der Waals surface area contributed by atoms with E-state index in [1.54, 1.807) is 6.20 Å². The molecule has 1 aromatic heterocycles. The molecule has 0 atom stereocenters. The molecule has 72 valence electrons. The molecule has 1 fully saturated rings. The molecule has 1 saturated heterocycles. The van der Waals surface area contributed by atoms with Crippen molar-refractivity contribution in [1.82, 2.24) is 9.78 Å². The van der Waals surface area contributed by atoms with Crippen LogP contribution in [0.5, 0.6) is 0 Å². The van der Waals surface area contributed by atoms with Crippen LogP contribution in [0.15, 0.2) is 6.20 Å². The zero-order chi connectivity index (χ0) is 9.26. The average Bonchev–Trinajstić information content (AvgIpc) is 2.49. The fraction of sp³-hybridized carbons (Fsp3) is 0.625. The van der Waals surface area contributed by atoms with Crippen molar-refractivity contribution in [2.75, 3.05) is 17.2 Å². The van der Waals surface area contributed by atoms with Crippen molar-refractivity contribution in [2.24, 2.45) is 0 Å². The first-order valence-electron chi connectivity index (χ1n) is 4.35. The van der Waals surface area contributed by atoms with E-state index < -0.39 is 0 Å². The number of nitrogens with two attached hydrogens (primary N) is 1. The molecule has 1 aliphatic rings. The summed E-state index contributed by atoms with van der Waals surface area (Å²) in [6.07, 6.45) is 3.92. The maximum absolute atomic E-state index is 6.01. The largest absolute Gasteiger partial charge is 0.395 e. The Kier molecular flexibility index (Phi) is 2.69. The van der Waals surface area contributed by atoms with E-state index in [4.69, 9.17) is 17.3 Å². The summed E-state index contributed by atoms with van der Waals surface area (Å²) in [5, 5.41) is 4.78. The van der Waals surface area contributed by atoms with Crippen molar-refractivity contribution in [1.29, 1.82) is 0 Å². The molecule has 0 spiro atoms. The lowest BCUT2D eigenvalue weighted by molar-refractivity contribution is 0.427. The lowest BCUT2D eigenvalue weighted by Gasteiger charge is -2.22. The number of hydrogen-bond acceptors (Lipinski definition) is 3. The van der Waals surface area contributed by atoms with Crippen molar-refractivity contribution in [3.63, 3.8) is 0 Å². The molecule has 0 bridgehead atoms. The smallest absolute Gasteiger partial charge is 0.150 e. The SMILES string of the molecule is Nc1cnn(C2CCSCC2)c1Cl. The number of anilines is 1. The normalized spacial score (nSPS) is 19.2. The third-order valence-electron chi connectivity index (χ3n) is 2.30. The van der Waals surface area contributed by atoms with Crippen LogP contribution in [0.4, 0.5) is 5.69 Å². The number of rotatable bonds is 1. The van der Waals surface area contributed by atoms with Crippen molar-refractivity contribution in [3.8, 4) is 0 Å². The number of aromatic nitrogens is 2. The van der Waals surface area contributed by atoms with Gasteiger partial charge in [0.25, 0.3) is 0 Å². The second kappa shape index (κ2) is 3.80. The zero-order valence-corrected chi connectivity index (χ0v) is 8.81. The van der Waals surface area contributed by atoms with Crippen LogP contribution in [0.3, 0.4) is 0 Å². The van der Waals surface area contributed by atoms with Crippen molar-refractivity contribution in [2.45, 2.75) is 18.9 Å². The van der Waals surface area contributed by atoms with Crippen LogP contribution < -0.4 is 5.73 Å². The molecule has 2 heterocycles. The molecule has 0 aliphatic carbocycles. The Morgan fingerprint density at radius 2 is 2.23 bits per heavy atom. The summed E-state index contributed by atoms with van der Waals surface area (Å²) in [6.45, 7) is 0. The first-order chi connectivity index (χ1) is 6.29. The number of nitrogens with zero attached hydrogens (tertiary/aromatic N) is 2. The quantitative estimate of drug-likeness (QED) is 0.785. The second-order valence-corrected chi connectivity index (χ2v) is 4.76. The van der Waals surface area contributed by atoms with E-state index in [1.807, 2.05) is 16.4 Å². The maximum Gasteiger partial charge on any atom is 0.150 e. The predicted molar refractivity (Wildman–Crippen MR) is 57.2 cm³/mol. The molecule has 3 nitrogen and oxygen atoms in total. The Hall–Kier alpha value is -0.350. The zero-order valence-electron chi connectivity index (χ0n) is 7.24. The lowest BCUT2D eigenvalue weighted by Crippen LogP contribution is -2.16. The van der Waals surface area contributed by atoms with Crippen LogP contribution in [0.2, 0.25) is 5.15 Å². The van der Waals surface area contributed by atoms with E-state index in [0.717, 1.165) is 12.8 Å². The van der Waals surface area contributed by atoms with Gasteiger partial charge in [-0.05, 0) is 24.3 Å². The fourth-order valence-electron chi connectivity index (χ4n) is 1.54. The highest BCUT2D eigenvalue weighted by Crippen LogP contribution is 2.30. The van der Waals surface area contributed by atoms with E-state index in [2.05, 4.69) is 5.10 Å².